The lowest BCUT2D eigenvalue weighted by Gasteiger charge is -2.19. The number of benzene rings is 1. The van der Waals surface area contributed by atoms with Crippen molar-refractivity contribution < 1.29 is 13.9 Å². The van der Waals surface area contributed by atoms with Crippen LogP contribution in [0, 0.1) is 5.82 Å². The van der Waals surface area contributed by atoms with E-state index < -0.39 is 0 Å². The minimum Gasteiger partial charge on any atom is -0.466 e. The van der Waals surface area contributed by atoms with Crippen molar-refractivity contribution in [3.8, 4) is 0 Å². The fourth-order valence-electron chi connectivity index (χ4n) is 1.83. The summed E-state index contributed by atoms with van der Waals surface area (Å²) in [7, 11) is 0. The summed E-state index contributed by atoms with van der Waals surface area (Å²) in [5.41, 5.74) is 0.866. The van der Waals surface area contributed by atoms with Crippen LogP contribution in [-0.4, -0.2) is 18.6 Å². The molecule has 1 aromatic rings. The number of ether oxygens (including phenoxy) is 1. The van der Waals surface area contributed by atoms with Gasteiger partial charge in [-0.05, 0) is 38.5 Å². The third-order valence-electron chi connectivity index (χ3n) is 2.66. The molecule has 0 aliphatic carbocycles. The van der Waals surface area contributed by atoms with Crippen molar-refractivity contribution in [3.63, 3.8) is 0 Å². The highest BCUT2D eigenvalue weighted by Crippen LogP contribution is 2.14. The number of carbonyl (C=O) groups is 1. The molecule has 4 heteroatoms. The summed E-state index contributed by atoms with van der Waals surface area (Å²) in [4.78, 5) is 11.3. The van der Waals surface area contributed by atoms with E-state index in [1.165, 1.54) is 12.1 Å². The zero-order valence-electron chi connectivity index (χ0n) is 11.1. The van der Waals surface area contributed by atoms with Gasteiger partial charge in [-0.3, -0.25) is 4.79 Å². The largest absolute Gasteiger partial charge is 0.466 e. The molecule has 0 heterocycles. The Balaban J connectivity index is 2.49. The second-order valence-corrected chi connectivity index (χ2v) is 4.35. The van der Waals surface area contributed by atoms with Crippen LogP contribution >= 0.6 is 0 Å². The molecule has 0 saturated carbocycles. The molecule has 1 rings (SSSR count). The van der Waals surface area contributed by atoms with Gasteiger partial charge in [-0.15, -0.1) is 0 Å². The SMILES string of the molecule is CCOC(=O)CC(C)N[C@@H](C)c1cccc(F)c1. The van der Waals surface area contributed by atoms with Crippen LogP contribution in [0.1, 0.15) is 38.8 Å². The molecule has 0 aromatic heterocycles. The molecule has 2 atom stereocenters. The number of hydrogen-bond acceptors (Lipinski definition) is 3. The lowest BCUT2D eigenvalue weighted by molar-refractivity contribution is -0.143. The van der Waals surface area contributed by atoms with Gasteiger partial charge in [-0.1, -0.05) is 12.1 Å². The normalized spacial score (nSPS) is 14.0. The maximum absolute atomic E-state index is 13.1. The molecule has 0 amide bonds. The van der Waals surface area contributed by atoms with Gasteiger partial charge in [-0.2, -0.15) is 0 Å². The van der Waals surface area contributed by atoms with Gasteiger partial charge in [0.15, 0.2) is 0 Å². The van der Waals surface area contributed by atoms with Crippen molar-refractivity contribution in [3.05, 3.63) is 35.6 Å². The smallest absolute Gasteiger partial charge is 0.307 e. The van der Waals surface area contributed by atoms with E-state index >= 15 is 0 Å². The van der Waals surface area contributed by atoms with E-state index in [1.54, 1.807) is 13.0 Å². The van der Waals surface area contributed by atoms with Crippen LogP contribution < -0.4 is 5.32 Å². The molecule has 1 N–H and O–H groups in total. The average molecular weight is 253 g/mol. The number of carbonyl (C=O) groups excluding carboxylic acids is 1. The van der Waals surface area contributed by atoms with Gasteiger partial charge < -0.3 is 10.1 Å². The monoisotopic (exact) mass is 253 g/mol. The Morgan fingerprint density at radius 2 is 2.17 bits per heavy atom. The number of hydrogen-bond donors (Lipinski definition) is 1. The Labute approximate surface area is 107 Å². The first-order valence-corrected chi connectivity index (χ1v) is 6.20. The van der Waals surface area contributed by atoms with Crippen molar-refractivity contribution in [2.24, 2.45) is 0 Å². The predicted molar refractivity (Wildman–Crippen MR) is 68.7 cm³/mol. The van der Waals surface area contributed by atoms with Crippen molar-refractivity contribution in [2.45, 2.75) is 39.3 Å². The van der Waals surface area contributed by atoms with E-state index in [0.29, 0.717) is 13.0 Å². The molecule has 0 radical (unpaired) electrons. The number of rotatable bonds is 6. The summed E-state index contributed by atoms with van der Waals surface area (Å²) in [6.07, 6.45) is 0.313. The van der Waals surface area contributed by atoms with Gasteiger partial charge in [-0.25, -0.2) is 4.39 Å². The first kappa shape index (κ1) is 14.6. The maximum Gasteiger partial charge on any atom is 0.307 e. The van der Waals surface area contributed by atoms with Crippen molar-refractivity contribution in [1.82, 2.24) is 5.32 Å². The summed E-state index contributed by atoms with van der Waals surface area (Å²) in [6.45, 7) is 6.03. The van der Waals surface area contributed by atoms with Crippen LogP contribution in [0.25, 0.3) is 0 Å². The second-order valence-electron chi connectivity index (χ2n) is 4.35. The third-order valence-corrected chi connectivity index (χ3v) is 2.66. The maximum atomic E-state index is 13.1. The molecular weight excluding hydrogens is 233 g/mol. The summed E-state index contributed by atoms with van der Waals surface area (Å²) < 4.78 is 18.0. The molecule has 18 heavy (non-hydrogen) atoms. The van der Waals surface area contributed by atoms with E-state index in [9.17, 15) is 9.18 Å². The van der Waals surface area contributed by atoms with Crippen LogP contribution in [0.5, 0.6) is 0 Å². The van der Waals surface area contributed by atoms with E-state index in [-0.39, 0.29) is 23.9 Å². The highest BCUT2D eigenvalue weighted by molar-refractivity contribution is 5.70. The molecule has 0 bridgehead atoms. The van der Waals surface area contributed by atoms with Gasteiger partial charge in [0.2, 0.25) is 0 Å². The van der Waals surface area contributed by atoms with Crippen LogP contribution in [0.2, 0.25) is 0 Å². The first-order chi connectivity index (χ1) is 8.52. The van der Waals surface area contributed by atoms with Crippen LogP contribution in [-0.2, 0) is 9.53 Å². The predicted octanol–water partition coefficient (Wildman–Crippen LogP) is 2.82. The molecular formula is C14H20FNO2. The number of nitrogens with one attached hydrogen (secondary N) is 1. The molecule has 0 saturated heterocycles. The van der Waals surface area contributed by atoms with E-state index in [0.717, 1.165) is 5.56 Å². The van der Waals surface area contributed by atoms with Gasteiger partial charge in [0.05, 0.1) is 13.0 Å². The fourth-order valence-corrected chi connectivity index (χ4v) is 1.83. The lowest BCUT2D eigenvalue weighted by Crippen LogP contribution is -2.31. The Bertz CT molecular complexity index is 395. The van der Waals surface area contributed by atoms with Crippen molar-refractivity contribution in [2.75, 3.05) is 6.61 Å². The Hall–Kier alpha value is -1.42. The molecule has 100 valence electrons. The molecule has 1 unspecified atom stereocenters. The zero-order chi connectivity index (χ0) is 13.5. The molecule has 0 aliphatic heterocycles. The summed E-state index contributed by atoms with van der Waals surface area (Å²) in [5.74, 6) is -0.469. The molecule has 3 nitrogen and oxygen atoms in total. The minimum atomic E-state index is -0.251. The quantitative estimate of drug-likeness (QED) is 0.792. The Kier molecular flexibility index (Phi) is 5.78. The lowest BCUT2D eigenvalue weighted by atomic mass is 10.1. The van der Waals surface area contributed by atoms with Crippen LogP contribution in [0.4, 0.5) is 4.39 Å². The average Bonchev–Trinajstić information content (AvgIpc) is 2.28. The van der Waals surface area contributed by atoms with E-state index in [1.807, 2.05) is 19.9 Å². The molecule has 0 spiro atoms. The minimum absolute atomic E-state index is 0.00914. The first-order valence-electron chi connectivity index (χ1n) is 6.20. The van der Waals surface area contributed by atoms with E-state index in [4.69, 9.17) is 4.74 Å². The topological polar surface area (TPSA) is 38.3 Å². The van der Waals surface area contributed by atoms with E-state index in [2.05, 4.69) is 5.32 Å². The van der Waals surface area contributed by atoms with Crippen LogP contribution in [0.3, 0.4) is 0 Å². The number of halogens is 1. The molecule has 1 aromatic carbocycles. The highest BCUT2D eigenvalue weighted by Gasteiger charge is 2.13. The van der Waals surface area contributed by atoms with Gasteiger partial charge in [0, 0.05) is 12.1 Å². The summed E-state index contributed by atoms with van der Waals surface area (Å²) in [6, 6.07) is 6.43. The standard InChI is InChI=1S/C14H20FNO2/c1-4-18-14(17)8-10(2)16-11(3)12-6-5-7-13(15)9-12/h5-7,9-11,16H,4,8H2,1-3H3/t10?,11-/m0/s1. The van der Waals surface area contributed by atoms with Gasteiger partial charge in [0.1, 0.15) is 5.82 Å². The zero-order valence-corrected chi connectivity index (χ0v) is 11.1. The fraction of sp³-hybridized carbons (Fsp3) is 0.500. The third kappa shape index (κ3) is 4.84. The van der Waals surface area contributed by atoms with Crippen molar-refractivity contribution in [1.29, 1.82) is 0 Å². The van der Waals surface area contributed by atoms with Crippen LogP contribution in [0.15, 0.2) is 24.3 Å². The second kappa shape index (κ2) is 7.11. The molecule has 0 fully saturated rings. The Morgan fingerprint density at radius 3 is 2.78 bits per heavy atom. The summed E-state index contributed by atoms with van der Waals surface area (Å²) >= 11 is 0. The molecule has 0 aliphatic rings. The number of esters is 1. The summed E-state index contributed by atoms with van der Waals surface area (Å²) in [5, 5.41) is 3.25. The van der Waals surface area contributed by atoms with Gasteiger partial charge >= 0.3 is 5.97 Å². The van der Waals surface area contributed by atoms with Crippen molar-refractivity contribution >= 4 is 5.97 Å². The van der Waals surface area contributed by atoms with Gasteiger partial charge in [0.25, 0.3) is 0 Å². The Morgan fingerprint density at radius 1 is 1.44 bits per heavy atom. The highest BCUT2D eigenvalue weighted by atomic mass is 19.1.